The molecule has 31 heavy (non-hydrogen) atoms. The molecule has 1 saturated carbocycles. The van der Waals surface area contributed by atoms with E-state index in [2.05, 4.69) is 15.3 Å². The summed E-state index contributed by atoms with van der Waals surface area (Å²) in [6.45, 7) is 0.0777. The smallest absolute Gasteiger partial charge is 0.324 e. The second-order valence-corrected chi connectivity index (χ2v) is 8.67. The van der Waals surface area contributed by atoms with E-state index in [9.17, 15) is 22.8 Å². The molecule has 1 aliphatic carbocycles. The maximum absolute atomic E-state index is 13.2. The number of carbonyl (C=O) groups excluding carboxylic acids is 2. The third kappa shape index (κ3) is 3.89. The van der Waals surface area contributed by atoms with Crippen LogP contribution in [0.5, 0.6) is 0 Å². The van der Waals surface area contributed by atoms with Crippen molar-refractivity contribution >= 4 is 34.6 Å². The van der Waals surface area contributed by atoms with Crippen LogP contribution >= 0.6 is 11.3 Å². The lowest BCUT2D eigenvalue weighted by molar-refractivity contribution is -0.169. The zero-order valence-electron chi connectivity index (χ0n) is 16.2. The normalized spacial score (nSPS) is 19.2. The molecule has 162 valence electrons. The third-order valence-corrected chi connectivity index (χ3v) is 6.36. The van der Waals surface area contributed by atoms with E-state index in [1.165, 1.54) is 0 Å². The number of hydrogen-bond acceptors (Lipinski definition) is 5. The Hall–Kier alpha value is -2.95. The largest absolute Gasteiger partial charge is 0.408 e. The van der Waals surface area contributed by atoms with E-state index in [1.54, 1.807) is 34.3 Å². The summed E-state index contributed by atoms with van der Waals surface area (Å²) in [7, 11) is 0. The summed E-state index contributed by atoms with van der Waals surface area (Å²) < 4.78 is 41.3. The Morgan fingerprint density at radius 2 is 1.94 bits per heavy atom. The van der Waals surface area contributed by atoms with Gasteiger partial charge in [-0.25, -0.2) is 9.97 Å². The van der Waals surface area contributed by atoms with E-state index in [1.807, 2.05) is 0 Å². The number of pyridine rings is 1. The third-order valence-electron chi connectivity index (χ3n) is 5.52. The Labute approximate surface area is 178 Å². The van der Waals surface area contributed by atoms with Gasteiger partial charge in [0.1, 0.15) is 11.7 Å². The number of rotatable bonds is 4. The van der Waals surface area contributed by atoms with Crippen LogP contribution in [0.25, 0.3) is 16.9 Å². The predicted octanol–water partition coefficient (Wildman–Crippen LogP) is 3.97. The molecule has 7 nitrogen and oxygen atoms in total. The minimum absolute atomic E-state index is 0.0364. The van der Waals surface area contributed by atoms with Crippen LogP contribution in [0.2, 0.25) is 0 Å². The lowest BCUT2D eigenvalue weighted by Crippen LogP contribution is -2.44. The van der Waals surface area contributed by atoms with Gasteiger partial charge >= 0.3 is 6.18 Å². The standard InChI is InChI=1S/C20H18F3N5O2S/c21-20(22,23)14-2-1-7-28(14)19(30)18-24-13(10-31-18)12-5-6-16-25-15(9-27(16)8-12)26-17(29)11-3-4-11/h5-6,8-11,14H,1-4,7H2,(H,26,29)/t14-/m1/s1. The Morgan fingerprint density at radius 1 is 1.13 bits per heavy atom. The zero-order chi connectivity index (χ0) is 21.8. The van der Waals surface area contributed by atoms with Crippen LogP contribution in [0.3, 0.4) is 0 Å². The van der Waals surface area contributed by atoms with Gasteiger partial charge in [-0.2, -0.15) is 13.2 Å². The molecule has 2 fully saturated rings. The molecular weight excluding hydrogens is 431 g/mol. The molecule has 3 aromatic heterocycles. The molecule has 2 aliphatic rings. The van der Waals surface area contributed by atoms with Gasteiger partial charge in [0.05, 0.1) is 11.9 Å². The molecule has 1 atom stereocenters. The highest BCUT2D eigenvalue weighted by molar-refractivity contribution is 7.12. The Bertz CT molecular complexity index is 1170. The minimum atomic E-state index is -4.44. The average Bonchev–Trinajstić information content (AvgIpc) is 3.13. The summed E-state index contributed by atoms with van der Waals surface area (Å²) in [6.07, 6.45) is 1.05. The van der Waals surface area contributed by atoms with Crippen molar-refractivity contribution in [3.63, 3.8) is 0 Å². The number of halogens is 3. The van der Waals surface area contributed by atoms with E-state index in [4.69, 9.17) is 0 Å². The molecule has 4 heterocycles. The topological polar surface area (TPSA) is 79.6 Å². The summed E-state index contributed by atoms with van der Waals surface area (Å²) in [4.78, 5) is 34.1. The highest BCUT2D eigenvalue weighted by atomic mass is 32.1. The fourth-order valence-electron chi connectivity index (χ4n) is 3.75. The molecule has 1 saturated heterocycles. The number of alkyl halides is 3. The van der Waals surface area contributed by atoms with Gasteiger partial charge in [-0.3, -0.25) is 9.59 Å². The number of aromatic nitrogens is 3. The van der Waals surface area contributed by atoms with Crippen LogP contribution in [0.15, 0.2) is 29.9 Å². The van der Waals surface area contributed by atoms with Crippen LogP contribution in [-0.4, -0.2) is 49.8 Å². The lowest BCUT2D eigenvalue weighted by atomic mass is 10.2. The fourth-order valence-corrected chi connectivity index (χ4v) is 4.54. The highest BCUT2D eigenvalue weighted by Crippen LogP contribution is 2.34. The summed E-state index contributed by atoms with van der Waals surface area (Å²) >= 11 is 1.03. The van der Waals surface area contributed by atoms with Crippen molar-refractivity contribution in [3.05, 3.63) is 34.9 Å². The molecule has 11 heteroatoms. The number of hydrogen-bond donors (Lipinski definition) is 1. The molecule has 1 aliphatic heterocycles. The summed E-state index contributed by atoms with van der Waals surface area (Å²) in [6, 6.07) is 1.77. The van der Waals surface area contributed by atoms with Gasteiger partial charge < -0.3 is 14.6 Å². The van der Waals surface area contributed by atoms with Crippen molar-refractivity contribution in [1.29, 1.82) is 0 Å². The quantitative estimate of drug-likeness (QED) is 0.654. The van der Waals surface area contributed by atoms with E-state index in [-0.39, 0.29) is 29.8 Å². The van der Waals surface area contributed by atoms with Gasteiger partial charge in [-0.05, 0) is 37.8 Å². The van der Waals surface area contributed by atoms with Crippen molar-refractivity contribution in [2.24, 2.45) is 5.92 Å². The summed E-state index contributed by atoms with van der Waals surface area (Å²) in [5, 5.41) is 4.48. The van der Waals surface area contributed by atoms with Gasteiger partial charge in [0, 0.05) is 29.6 Å². The van der Waals surface area contributed by atoms with Gasteiger partial charge in [0.25, 0.3) is 5.91 Å². The van der Waals surface area contributed by atoms with Crippen LogP contribution in [0.4, 0.5) is 19.0 Å². The molecule has 1 N–H and O–H groups in total. The number of anilines is 1. The zero-order valence-corrected chi connectivity index (χ0v) is 17.0. The van der Waals surface area contributed by atoms with Crippen LogP contribution in [-0.2, 0) is 4.79 Å². The molecule has 0 bridgehead atoms. The number of imidazole rings is 1. The maximum Gasteiger partial charge on any atom is 0.408 e. The first kappa shape index (κ1) is 20.0. The van der Waals surface area contributed by atoms with Crippen LogP contribution in [0, 0.1) is 5.92 Å². The van der Waals surface area contributed by atoms with Crippen molar-refractivity contribution < 1.29 is 22.8 Å². The van der Waals surface area contributed by atoms with Crippen molar-refractivity contribution in [1.82, 2.24) is 19.3 Å². The first-order valence-electron chi connectivity index (χ1n) is 9.93. The SMILES string of the molecule is O=C(Nc1cn2cc(-c3csc(C(=O)N4CCC[C@@H]4C(F)(F)F)n3)ccc2n1)C1CC1. The maximum atomic E-state index is 13.2. The minimum Gasteiger partial charge on any atom is -0.324 e. The first-order valence-corrected chi connectivity index (χ1v) is 10.8. The van der Waals surface area contributed by atoms with E-state index < -0.39 is 18.1 Å². The molecule has 0 spiro atoms. The molecule has 2 amide bonds. The van der Waals surface area contributed by atoms with Gasteiger partial charge in [-0.1, -0.05) is 0 Å². The molecular formula is C20H18F3N5O2S. The number of nitrogens with one attached hydrogen (secondary N) is 1. The molecule has 0 aromatic carbocycles. The van der Waals surface area contributed by atoms with Crippen molar-refractivity contribution in [3.8, 4) is 11.3 Å². The Morgan fingerprint density at radius 3 is 2.68 bits per heavy atom. The summed E-state index contributed by atoms with van der Waals surface area (Å²) in [5.74, 6) is -0.204. The van der Waals surface area contributed by atoms with Gasteiger partial charge in [-0.15, -0.1) is 11.3 Å². The monoisotopic (exact) mass is 449 g/mol. The van der Waals surface area contributed by atoms with Crippen molar-refractivity contribution in [2.45, 2.75) is 37.9 Å². The Balaban J connectivity index is 1.36. The number of carbonyl (C=O) groups is 2. The number of thiazole rings is 1. The Kier molecular flexibility index (Phi) is 4.72. The van der Waals surface area contributed by atoms with Crippen molar-refractivity contribution in [2.75, 3.05) is 11.9 Å². The van der Waals surface area contributed by atoms with Crippen LogP contribution in [0.1, 0.15) is 35.5 Å². The van der Waals surface area contributed by atoms with E-state index in [0.717, 1.165) is 29.1 Å². The molecule has 0 unspecified atom stereocenters. The predicted molar refractivity (Wildman–Crippen MR) is 108 cm³/mol. The van der Waals surface area contributed by atoms with E-state index in [0.29, 0.717) is 29.1 Å². The van der Waals surface area contributed by atoms with E-state index >= 15 is 0 Å². The number of amides is 2. The second-order valence-electron chi connectivity index (χ2n) is 7.81. The average molecular weight is 449 g/mol. The molecule has 5 rings (SSSR count). The van der Waals surface area contributed by atoms with Gasteiger partial charge in [0.2, 0.25) is 5.91 Å². The highest BCUT2D eigenvalue weighted by Gasteiger charge is 2.48. The fraction of sp³-hybridized carbons (Fsp3) is 0.400. The van der Waals surface area contributed by atoms with Gasteiger partial charge in [0.15, 0.2) is 10.8 Å². The lowest BCUT2D eigenvalue weighted by Gasteiger charge is -2.25. The summed E-state index contributed by atoms with van der Waals surface area (Å²) in [5.41, 5.74) is 1.82. The number of fused-ring (bicyclic) bond motifs is 1. The second kappa shape index (κ2) is 7.33. The number of nitrogens with zero attached hydrogens (tertiary/aromatic N) is 4. The first-order chi connectivity index (χ1) is 14.8. The number of likely N-dealkylation sites (tertiary alicyclic amines) is 1. The van der Waals surface area contributed by atoms with Crippen LogP contribution < -0.4 is 5.32 Å². The molecule has 3 aromatic rings. The molecule has 0 radical (unpaired) electrons.